The topological polar surface area (TPSA) is 97.0 Å². The summed E-state index contributed by atoms with van der Waals surface area (Å²) in [6, 6.07) is 19.3. The summed E-state index contributed by atoms with van der Waals surface area (Å²) in [5.41, 5.74) is 6.54. The van der Waals surface area contributed by atoms with Crippen LogP contribution in [0.1, 0.15) is 27.0 Å². The molecule has 0 bridgehead atoms. The monoisotopic (exact) mass is 547 g/mol. The van der Waals surface area contributed by atoms with Gasteiger partial charge in [-0.25, -0.2) is 0 Å². The molecule has 1 aliphatic heterocycles. The van der Waals surface area contributed by atoms with E-state index in [4.69, 9.17) is 21.7 Å². The number of ether oxygens (including phenoxy) is 2. The molecule has 38 heavy (non-hydrogen) atoms. The Morgan fingerprint density at radius 3 is 2.47 bits per heavy atom. The van der Waals surface area contributed by atoms with Crippen molar-refractivity contribution in [3.63, 3.8) is 0 Å². The molecule has 1 heterocycles. The van der Waals surface area contributed by atoms with Gasteiger partial charge in [0.05, 0.1) is 12.0 Å². The summed E-state index contributed by atoms with van der Waals surface area (Å²) < 4.78 is 11.3. The smallest absolute Gasteiger partial charge is 0.285 e. The number of anilines is 1. The highest BCUT2D eigenvalue weighted by Gasteiger charge is 2.33. The number of nitrogens with zero attached hydrogens (tertiary/aromatic N) is 1. The second kappa shape index (κ2) is 11.9. The minimum absolute atomic E-state index is 0.206. The molecule has 10 heteroatoms. The van der Waals surface area contributed by atoms with E-state index in [9.17, 15) is 14.4 Å². The van der Waals surface area contributed by atoms with E-state index in [1.165, 1.54) is 7.11 Å². The maximum atomic E-state index is 12.9. The van der Waals surface area contributed by atoms with Crippen molar-refractivity contribution in [2.45, 2.75) is 13.8 Å². The van der Waals surface area contributed by atoms with Crippen LogP contribution in [0.25, 0.3) is 6.08 Å². The predicted octanol–water partition coefficient (Wildman–Crippen LogP) is 4.88. The first-order valence-electron chi connectivity index (χ1n) is 11.6. The quantitative estimate of drug-likeness (QED) is 0.307. The van der Waals surface area contributed by atoms with Crippen molar-refractivity contribution in [2.24, 2.45) is 0 Å². The number of carbonyl (C=O) groups excluding carboxylic acids is 3. The third-order valence-electron chi connectivity index (χ3n) is 5.68. The highest BCUT2D eigenvalue weighted by atomic mass is 32.2. The lowest BCUT2D eigenvalue weighted by atomic mass is 10.1. The number of rotatable bonds is 8. The molecule has 0 radical (unpaired) electrons. The van der Waals surface area contributed by atoms with Crippen LogP contribution in [-0.4, -0.2) is 40.8 Å². The number of hydrazine groups is 1. The first-order valence-corrected chi connectivity index (χ1v) is 12.8. The number of methoxy groups -OCH3 is 1. The van der Waals surface area contributed by atoms with E-state index in [1.54, 1.807) is 54.6 Å². The van der Waals surface area contributed by atoms with Crippen LogP contribution in [0, 0.1) is 13.8 Å². The Morgan fingerprint density at radius 2 is 1.76 bits per heavy atom. The van der Waals surface area contributed by atoms with Crippen LogP contribution in [0.3, 0.4) is 0 Å². The maximum Gasteiger partial charge on any atom is 0.285 e. The number of thiocarbonyl (C=S) groups is 1. The van der Waals surface area contributed by atoms with Gasteiger partial charge in [0.1, 0.15) is 0 Å². The molecule has 0 spiro atoms. The number of hydrogen-bond donors (Lipinski definition) is 2. The highest BCUT2D eigenvalue weighted by Crippen LogP contribution is 2.34. The zero-order valence-electron chi connectivity index (χ0n) is 20.9. The van der Waals surface area contributed by atoms with Crippen molar-refractivity contribution in [2.75, 3.05) is 19.0 Å². The van der Waals surface area contributed by atoms with Crippen LogP contribution in [0.2, 0.25) is 0 Å². The van der Waals surface area contributed by atoms with Gasteiger partial charge in [-0.1, -0.05) is 42.1 Å². The standard InChI is InChI=1S/C28H25N3O5S2/c1-17-9-11-21(13-18(17)2)29-25(32)16-36-22-12-10-19(14-23(22)35-3)15-24-27(34)31(28(37)38-24)30-26(33)20-7-5-4-6-8-20/h4-15H,16H2,1-3H3,(H,29,32)(H,30,33). The van der Waals surface area contributed by atoms with Crippen molar-refractivity contribution in [1.82, 2.24) is 10.4 Å². The fourth-order valence-electron chi connectivity index (χ4n) is 3.52. The van der Waals surface area contributed by atoms with Gasteiger partial charge in [0.25, 0.3) is 17.7 Å². The largest absolute Gasteiger partial charge is 0.493 e. The first kappa shape index (κ1) is 26.9. The molecule has 0 saturated carbocycles. The van der Waals surface area contributed by atoms with Crippen molar-refractivity contribution in [1.29, 1.82) is 0 Å². The fourth-order valence-corrected chi connectivity index (χ4v) is 4.70. The Labute approximate surface area is 230 Å². The molecule has 1 fully saturated rings. The summed E-state index contributed by atoms with van der Waals surface area (Å²) >= 11 is 6.38. The van der Waals surface area contributed by atoms with Crippen molar-refractivity contribution < 1.29 is 23.9 Å². The van der Waals surface area contributed by atoms with Gasteiger partial charge in [-0.2, -0.15) is 5.01 Å². The van der Waals surface area contributed by atoms with Crippen LogP contribution in [-0.2, 0) is 9.59 Å². The van der Waals surface area contributed by atoms with Crippen molar-refractivity contribution in [3.8, 4) is 11.5 Å². The van der Waals surface area contributed by atoms with Crippen LogP contribution in [0.15, 0.2) is 71.6 Å². The van der Waals surface area contributed by atoms with E-state index in [-0.39, 0.29) is 16.8 Å². The molecular formula is C28H25N3O5S2. The number of hydrogen-bond acceptors (Lipinski definition) is 7. The summed E-state index contributed by atoms with van der Waals surface area (Å²) in [6.45, 7) is 3.78. The Balaban J connectivity index is 1.40. The third-order valence-corrected chi connectivity index (χ3v) is 6.98. The maximum absolute atomic E-state index is 12.9. The van der Waals surface area contributed by atoms with Gasteiger partial charge in [0, 0.05) is 11.3 Å². The second-order valence-corrected chi connectivity index (χ2v) is 10.0. The minimum atomic E-state index is -0.438. The van der Waals surface area contributed by atoms with Gasteiger partial charge in [0.15, 0.2) is 22.4 Å². The SMILES string of the molecule is COc1cc(C=C2SC(=S)N(NC(=O)c3ccccc3)C2=O)ccc1OCC(=O)Nc1ccc(C)c(C)c1. The van der Waals surface area contributed by atoms with E-state index in [0.717, 1.165) is 27.9 Å². The molecule has 3 aromatic rings. The average molecular weight is 548 g/mol. The molecule has 0 unspecified atom stereocenters. The predicted molar refractivity (Wildman–Crippen MR) is 152 cm³/mol. The van der Waals surface area contributed by atoms with E-state index < -0.39 is 11.8 Å². The van der Waals surface area contributed by atoms with Crippen molar-refractivity contribution in [3.05, 3.63) is 93.9 Å². The number of thioether (sulfide) groups is 1. The number of benzene rings is 3. The molecular weight excluding hydrogens is 522 g/mol. The summed E-state index contributed by atoms with van der Waals surface area (Å²) in [7, 11) is 1.49. The van der Waals surface area contributed by atoms with Crippen molar-refractivity contribution >= 4 is 57.8 Å². The highest BCUT2D eigenvalue weighted by molar-refractivity contribution is 8.26. The average Bonchev–Trinajstić information content (AvgIpc) is 3.17. The molecule has 4 rings (SSSR count). The summed E-state index contributed by atoms with van der Waals surface area (Å²) in [5, 5.41) is 3.87. The van der Waals surface area contributed by atoms with E-state index in [1.807, 2.05) is 32.0 Å². The summed E-state index contributed by atoms with van der Waals surface area (Å²) in [6.07, 6.45) is 1.65. The third kappa shape index (κ3) is 6.39. The number of amides is 3. The van der Waals surface area contributed by atoms with Gasteiger partial charge >= 0.3 is 0 Å². The van der Waals surface area contributed by atoms with E-state index >= 15 is 0 Å². The number of aryl methyl sites for hydroxylation is 2. The summed E-state index contributed by atoms with van der Waals surface area (Å²) in [4.78, 5) is 38.1. The van der Waals surface area contributed by atoms with Gasteiger partial charge in [-0.3, -0.25) is 19.8 Å². The Bertz CT molecular complexity index is 1440. The van der Waals surface area contributed by atoms with Gasteiger partial charge in [-0.05, 0) is 85.2 Å². The summed E-state index contributed by atoms with van der Waals surface area (Å²) in [5.74, 6) is -0.409. The van der Waals surface area contributed by atoms with Crippen LogP contribution in [0.5, 0.6) is 11.5 Å². The Hall–Kier alpha value is -4.15. The zero-order chi connectivity index (χ0) is 27.2. The molecule has 1 aliphatic rings. The number of carbonyl (C=O) groups is 3. The van der Waals surface area contributed by atoms with Crippen LogP contribution >= 0.6 is 24.0 Å². The Morgan fingerprint density at radius 1 is 1.00 bits per heavy atom. The zero-order valence-corrected chi connectivity index (χ0v) is 22.6. The molecule has 1 saturated heterocycles. The van der Waals surface area contributed by atoms with Gasteiger partial charge < -0.3 is 14.8 Å². The van der Waals surface area contributed by atoms with Gasteiger partial charge in [0.2, 0.25) is 0 Å². The fraction of sp³-hybridized carbons (Fsp3) is 0.143. The van der Waals surface area contributed by atoms with Crippen LogP contribution < -0.4 is 20.2 Å². The Kier molecular flexibility index (Phi) is 8.45. The molecule has 0 aromatic heterocycles. The van der Waals surface area contributed by atoms with Crippen LogP contribution in [0.4, 0.5) is 5.69 Å². The molecule has 3 aromatic carbocycles. The lowest BCUT2D eigenvalue weighted by Gasteiger charge is -2.15. The molecule has 0 aliphatic carbocycles. The lowest BCUT2D eigenvalue weighted by molar-refractivity contribution is -0.123. The first-order chi connectivity index (χ1) is 18.2. The normalized spacial score (nSPS) is 14.0. The molecule has 2 N–H and O–H groups in total. The van der Waals surface area contributed by atoms with E-state index in [2.05, 4.69) is 10.7 Å². The van der Waals surface area contributed by atoms with E-state index in [0.29, 0.717) is 33.2 Å². The molecule has 194 valence electrons. The second-order valence-electron chi connectivity index (χ2n) is 8.37. The molecule has 3 amide bonds. The number of nitrogens with one attached hydrogen (secondary N) is 2. The van der Waals surface area contributed by atoms with Gasteiger partial charge in [-0.15, -0.1) is 0 Å². The lowest BCUT2D eigenvalue weighted by Crippen LogP contribution is -2.44. The molecule has 8 nitrogen and oxygen atoms in total. The minimum Gasteiger partial charge on any atom is -0.493 e. The molecule has 0 atom stereocenters.